The van der Waals surface area contributed by atoms with Crippen LogP contribution in [0.4, 0.5) is 0 Å². The molecule has 0 aliphatic carbocycles. The second-order valence-corrected chi connectivity index (χ2v) is 4.63. The first kappa shape index (κ1) is 11.5. The molecule has 0 unspecified atom stereocenters. The predicted octanol–water partition coefficient (Wildman–Crippen LogP) is 5.28. The zero-order chi connectivity index (χ0) is 25.1. The van der Waals surface area contributed by atoms with E-state index in [-0.39, 0.29) is 12.8 Å². The summed E-state index contributed by atoms with van der Waals surface area (Å²) >= 11 is 0. The molecular formula is C20H30O4. The molecule has 0 saturated heterocycles. The Morgan fingerprint density at radius 2 is 1.29 bits per heavy atom. The summed E-state index contributed by atoms with van der Waals surface area (Å²) in [6.07, 6.45) is 2.56. The van der Waals surface area contributed by atoms with Gasteiger partial charge in [-0.15, -0.1) is 0 Å². The van der Waals surface area contributed by atoms with Gasteiger partial charge < -0.3 is 10.2 Å². The Labute approximate surface area is 156 Å². The highest BCUT2D eigenvalue weighted by Gasteiger charge is 1.94. The summed E-state index contributed by atoms with van der Waals surface area (Å²) in [6.45, 7) is 0. The molecule has 0 radical (unpaired) electrons. The highest BCUT2D eigenvalue weighted by molar-refractivity contribution is 5.66. The molecule has 4 heteroatoms. The summed E-state index contributed by atoms with van der Waals surface area (Å²) in [5.41, 5.74) is 0. The van der Waals surface area contributed by atoms with Gasteiger partial charge in [0.2, 0.25) is 0 Å². The summed E-state index contributed by atoms with van der Waals surface area (Å²) in [5.74, 6) is -3.02. The van der Waals surface area contributed by atoms with Crippen molar-refractivity contribution in [2.24, 2.45) is 0 Å². The fourth-order valence-electron chi connectivity index (χ4n) is 1.50. The van der Waals surface area contributed by atoms with Crippen LogP contribution in [0.25, 0.3) is 0 Å². The highest BCUT2D eigenvalue weighted by atomic mass is 16.4. The molecule has 24 heavy (non-hydrogen) atoms. The maximum Gasteiger partial charge on any atom is 0.303 e. The molecule has 0 heterocycles. The molecule has 0 spiro atoms. The topological polar surface area (TPSA) is 74.6 Å². The van der Waals surface area contributed by atoms with Crippen LogP contribution in [0.5, 0.6) is 0 Å². The molecule has 134 valence electrons. The van der Waals surface area contributed by atoms with Crippen LogP contribution in [0.15, 0.2) is 48.6 Å². The van der Waals surface area contributed by atoms with Crippen molar-refractivity contribution >= 4 is 11.9 Å². The number of aliphatic carboxylic acids is 2. The monoisotopic (exact) mass is 342 g/mol. The predicted molar refractivity (Wildman–Crippen MR) is 98.0 cm³/mol. The minimum absolute atomic E-state index is 0.149. The molecule has 4 nitrogen and oxygen atoms in total. The molecule has 0 amide bonds. The van der Waals surface area contributed by atoms with E-state index >= 15 is 0 Å². The Kier molecular flexibility index (Phi) is 8.24. The third-order valence-corrected chi connectivity index (χ3v) is 2.58. The van der Waals surface area contributed by atoms with Gasteiger partial charge in [0.15, 0.2) is 0 Å². The van der Waals surface area contributed by atoms with Crippen molar-refractivity contribution in [3.05, 3.63) is 48.6 Å². The molecule has 0 aliphatic heterocycles. The minimum Gasteiger partial charge on any atom is -0.481 e. The van der Waals surface area contributed by atoms with Gasteiger partial charge in [-0.2, -0.15) is 0 Å². The Balaban J connectivity index is 4.61. The molecular weight excluding hydrogens is 304 g/mol. The molecule has 0 saturated carbocycles. The minimum atomic E-state index is -3.63. The van der Waals surface area contributed by atoms with Gasteiger partial charge in [0.25, 0.3) is 0 Å². The van der Waals surface area contributed by atoms with Gasteiger partial charge in [-0.25, -0.2) is 0 Å². The van der Waals surface area contributed by atoms with Gasteiger partial charge in [-0.1, -0.05) is 48.6 Å². The molecule has 2 N–H and O–H groups in total. The van der Waals surface area contributed by atoms with Gasteiger partial charge in [-0.3, -0.25) is 9.59 Å². The number of hydrogen-bond acceptors (Lipinski definition) is 2. The molecule has 0 aromatic rings. The fourth-order valence-corrected chi connectivity index (χ4v) is 1.50. The molecule has 0 bridgehead atoms. The van der Waals surface area contributed by atoms with Crippen LogP contribution >= 0.6 is 0 Å². The zero-order valence-corrected chi connectivity index (χ0v) is 13.6. The maximum atomic E-state index is 11.0. The van der Waals surface area contributed by atoms with Crippen molar-refractivity contribution in [1.82, 2.24) is 0 Å². The van der Waals surface area contributed by atoms with E-state index in [2.05, 4.69) is 0 Å². The normalized spacial score (nSPS) is 19.5. The van der Waals surface area contributed by atoms with Gasteiger partial charge >= 0.3 is 11.9 Å². The fraction of sp³-hybridized carbons (Fsp3) is 0.500. The molecule has 0 aliphatic rings. The summed E-state index contributed by atoms with van der Waals surface area (Å²) in [7, 11) is 0. The summed E-state index contributed by atoms with van der Waals surface area (Å²) in [4.78, 5) is 21.4. The third-order valence-electron chi connectivity index (χ3n) is 2.58. The maximum absolute atomic E-state index is 11.0. The van der Waals surface area contributed by atoms with Crippen molar-refractivity contribution in [1.29, 1.82) is 0 Å². The first-order valence-corrected chi connectivity index (χ1v) is 7.69. The van der Waals surface area contributed by atoms with E-state index in [9.17, 15) is 9.59 Å². The average molecular weight is 343 g/mol. The number of carboxylic acids is 2. The van der Waals surface area contributed by atoms with E-state index in [1.807, 2.05) is 24.3 Å². The Morgan fingerprint density at radius 3 is 1.83 bits per heavy atom. The van der Waals surface area contributed by atoms with E-state index < -0.39 is 37.4 Å². The summed E-state index contributed by atoms with van der Waals surface area (Å²) < 4.78 is 61.1. The Morgan fingerprint density at radius 1 is 0.750 bits per heavy atom. The molecule has 0 atom stereocenters. The molecule has 0 aromatic carbocycles. The van der Waals surface area contributed by atoms with Crippen LogP contribution in [-0.4, -0.2) is 22.2 Å². The van der Waals surface area contributed by atoms with E-state index in [1.165, 1.54) is 6.08 Å². The quantitative estimate of drug-likeness (QED) is 0.313. The highest BCUT2D eigenvalue weighted by Crippen LogP contribution is 2.02. The van der Waals surface area contributed by atoms with Crippen LogP contribution in [0.1, 0.15) is 75.0 Å². The lowest BCUT2D eigenvalue weighted by Gasteiger charge is -1.92. The number of carbonyl (C=O) groups is 2. The summed E-state index contributed by atoms with van der Waals surface area (Å²) in [5, 5.41) is 17.4. The third kappa shape index (κ3) is 19.9. The SMILES string of the molecule is [2H]C([2H])(/C=C\C/C=C\C/C=C\C/C=C\CCCC(=O)O)C([2H])([2H])C([2H])([2H])C([2H])([2H])C(=O)O. The molecule has 0 aromatic heterocycles. The van der Waals surface area contributed by atoms with Gasteiger partial charge in [-0.05, 0) is 51.2 Å². The Bertz CT molecular complexity index is 740. The van der Waals surface area contributed by atoms with Crippen LogP contribution in [-0.2, 0) is 9.59 Å². The van der Waals surface area contributed by atoms with Crippen LogP contribution in [0.2, 0.25) is 0 Å². The standard InChI is InChI=1S/C20H30O4/c21-19(22)17-15-13-11-9-7-5-3-1-2-4-6-8-10-12-14-16-18-20(23)24/h1,3-4,6-7,9-10,12H,2,5,8,11,13-18H2,(H,21,22)(H,23,24)/b3-1-,6-4-,9-7-,12-10-/i11D2,13D2,15D2,17D2. The van der Waals surface area contributed by atoms with Crippen LogP contribution in [0, 0.1) is 0 Å². The molecule has 0 rings (SSSR count). The number of rotatable bonds is 15. The summed E-state index contributed by atoms with van der Waals surface area (Å²) in [6, 6.07) is 0. The van der Waals surface area contributed by atoms with Crippen molar-refractivity contribution in [3.63, 3.8) is 0 Å². The number of hydrogen-bond donors (Lipinski definition) is 2. The van der Waals surface area contributed by atoms with Crippen LogP contribution < -0.4 is 0 Å². The van der Waals surface area contributed by atoms with E-state index in [4.69, 9.17) is 21.2 Å². The lowest BCUT2D eigenvalue weighted by molar-refractivity contribution is -0.138. The van der Waals surface area contributed by atoms with Crippen LogP contribution in [0.3, 0.4) is 0 Å². The largest absolute Gasteiger partial charge is 0.481 e. The average Bonchev–Trinajstić information content (AvgIpc) is 2.67. The van der Waals surface area contributed by atoms with Crippen molar-refractivity contribution in [2.75, 3.05) is 0 Å². The number of carboxylic acid groups (broad SMARTS) is 2. The molecule has 0 fully saturated rings. The smallest absolute Gasteiger partial charge is 0.303 e. The number of unbranched alkanes of at least 4 members (excludes halogenated alkanes) is 1. The second kappa shape index (κ2) is 17.3. The second-order valence-electron chi connectivity index (χ2n) is 4.63. The first-order valence-electron chi connectivity index (χ1n) is 11.7. The van der Waals surface area contributed by atoms with Crippen molar-refractivity contribution < 1.29 is 30.8 Å². The first-order chi connectivity index (χ1) is 14.6. The van der Waals surface area contributed by atoms with Crippen molar-refractivity contribution in [3.8, 4) is 0 Å². The van der Waals surface area contributed by atoms with E-state index in [1.54, 1.807) is 12.2 Å². The van der Waals surface area contributed by atoms with Gasteiger partial charge in [0.05, 0.1) is 0 Å². The number of allylic oxidation sites excluding steroid dienone is 8. The zero-order valence-electron chi connectivity index (χ0n) is 21.6. The lowest BCUT2D eigenvalue weighted by atomic mass is 10.2. The van der Waals surface area contributed by atoms with Gasteiger partial charge in [0.1, 0.15) is 0 Å². The Hall–Kier alpha value is -2.10. The van der Waals surface area contributed by atoms with Crippen molar-refractivity contribution in [2.45, 2.75) is 64.0 Å². The van der Waals surface area contributed by atoms with E-state index in [0.717, 1.165) is 6.08 Å². The van der Waals surface area contributed by atoms with Gasteiger partial charge in [0, 0.05) is 23.8 Å². The lowest BCUT2D eigenvalue weighted by Crippen LogP contribution is -1.92. The van der Waals surface area contributed by atoms with E-state index in [0.29, 0.717) is 25.7 Å².